The van der Waals surface area contributed by atoms with Crippen molar-refractivity contribution in [3.63, 3.8) is 0 Å². The lowest BCUT2D eigenvalue weighted by atomic mass is 10.0. The summed E-state index contributed by atoms with van der Waals surface area (Å²) < 4.78 is 2.24. The lowest BCUT2D eigenvalue weighted by molar-refractivity contribution is 0.313. The highest BCUT2D eigenvalue weighted by molar-refractivity contribution is 5.90. The molecule has 0 aliphatic carbocycles. The fraction of sp³-hybridized carbons (Fsp3) is 0.429. The molecule has 150 valence electrons. The number of aliphatic imine (C=N–C) groups is 1. The molecule has 0 bridgehead atoms. The Morgan fingerprint density at radius 3 is 2.62 bits per heavy atom. The zero-order chi connectivity index (χ0) is 20.0. The van der Waals surface area contributed by atoms with Gasteiger partial charge in [0.2, 0.25) is 5.95 Å². The van der Waals surface area contributed by atoms with Crippen LogP contribution in [0.3, 0.4) is 0 Å². The van der Waals surface area contributed by atoms with Gasteiger partial charge in [0.05, 0.1) is 29.7 Å². The van der Waals surface area contributed by atoms with Crippen LogP contribution in [-0.4, -0.2) is 70.4 Å². The van der Waals surface area contributed by atoms with Crippen molar-refractivity contribution in [3.05, 3.63) is 36.3 Å². The number of nitrogens with zero attached hydrogens (tertiary/aromatic N) is 7. The van der Waals surface area contributed by atoms with Crippen LogP contribution < -0.4 is 10.2 Å². The predicted molar refractivity (Wildman–Crippen MR) is 117 cm³/mol. The molecule has 0 aromatic carbocycles. The van der Waals surface area contributed by atoms with E-state index >= 15 is 0 Å². The summed E-state index contributed by atoms with van der Waals surface area (Å²) in [7, 11) is 2.16. The Balaban J connectivity index is 1.39. The number of fused-ring (bicyclic) bond motifs is 3. The first-order chi connectivity index (χ1) is 14.0. The van der Waals surface area contributed by atoms with E-state index in [2.05, 4.69) is 67.7 Å². The predicted octanol–water partition coefficient (Wildman–Crippen LogP) is 2.49. The van der Waals surface area contributed by atoms with Gasteiger partial charge in [0.1, 0.15) is 11.5 Å². The third-order valence-corrected chi connectivity index (χ3v) is 5.73. The van der Waals surface area contributed by atoms with Crippen molar-refractivity contribution >= 4 is 34.7 Å². The van der Waals surface area contributed by atoms with Crippen molar-refractivity contribution in [2.75, 3.05) is 50.0 Å². The van der Waals surface area contributed by atoms with E-state index in [-0.39, 0.29) is 5.54 Å². The lowest BCUT2D eigenvalue weighted by Gasteiger charge is -2.33. The maximum Gasteiger partial charge on any atom is 0.230 e. The van der Waals surface area contributed by atoms with Crippen molar-refractivity contribution in [1.29, 1.82) is 0 Å². The average molecular weight is 390 g/mol. The molecule has 2 aliphatic rings. The minimum absolute atomic E-state index is 0.111. The maximum atomic E-state index is 4.78. The van der Waals surface area contributed by atoms with Crippen LogP contribution in [-0.2, 0) is 5.54 Å². The first-order valence-electron chi connectivity index (χ1n) is 10.0. The van der Waals surface area contributed by atoms with Crippen LogP contribution in [0, 0.1) is 0 Å². The second kappa shape index (κ2) is 6.81. The summed E-state index contributed by atoms with van der Waals surface area (Å²) in [5, 5.41) is 4.27. The van der Waals surface area contributed by atoms with E-state index < -0.39 is 0 Å². The van der Waals surface area contributed by atoms with Crippen molar-refractivity contribution in [2.24, 2.45) is 4.99 Å². The van der Waals surface area contributed by atoms with Crippen LogP contribution >= 0.6 is 0 Å². The number of hydrogen-bond acceptors (Lipinski definition) is 7. The molecule has 0 radical (unpaired) electrons. The summed E-state index contributed by atoms with van der Waals surface area (Å²) in [6.45, 7) is 9.33. The van der Waals surface area contributed by atoms with E-state index in [1.807, 2.05) is 24.7 Å². The molecule has 29 heavy (non-hydrogen) atoms. The number of piperazine rings is 1. The molecule has 8 heteroatoms. The largest absolute Gasteiger partial charge is 0.368 e. The standard InChI is InChI=1S/C21H26N8/c1-21(2)14-22-12-17-10-15-11-24-20(26-19(15)29(17)21)25-18-5-4-16(13-23-18)28-8-6-27(3)7-9-28/h4-5,10-13H,6-9,14H2,1-3H3,(H,23,24,25,26). The molecule has 3 aromatic rings. The fourth-order valence-electron chi connectivity index (χ4n) is 4.06. The topological polar surface area (TPSA) is 74.5 Å². The molecular formula is C21H26N8. The van der Waals surface area contributed by atoms with Gasteiger partial charge in [0.25, 0.3) is 0 Å². The van der Waals surface area contributed by atoms with Crippen LogP contribution in [0.2, 0.25) is 0 Å². The second-order valence-electron chi connectivity index (χ2n) is 8.48. The number of anilines is 3. The minimum Gasteiger partial charge on any atom is -0.368 e. The molecule has 0 saturated carbocycles. The van der Waals surface area contributed by atoms with Gasteiger partial charge in [-0.1, -0.05) is 0 Å². The average Bonchev–Trinajstić information content (AvgIpc) is 3.08. The Bertz CT molecular complexity index is 1060. The lowest BCUT2D eigenvalue weighted by Crippen LogP contribution is -2.44. The SMILES string of the molecule is CN1CCN(c2ccc(Nc3ncc4cc5n(c4n3)C(C)(C)CN=C5)nc2)CC1. The molecule has 0 amide bonds. The zero-order valence-corrected chi connectivity index (χ0v) is 17.1. The Morgan fingerprint density at radius 1 is 1.03 bits per heavy atom. The first-order valence-corrected chi connectivity index (χ1v) is 10.0. The highest BCUT2D eigenvalue weighted by Crippen LogP contribution is 2.29. The maximum absolute atomic E-state index is 4.78. The highest BCUT2D eigenvalue weighted by Gasteiger charge is 2.28. The number of hydrogen-bond donors (Lipinski definition) is 1. The number of likely N-dealkylation sites (N-methyl/N-ethyl adjacent to an activating group) is 1. The summed E-state index contributed by atoms with van der Waals surface area (Å²) in [6.07, 6.45) is 5.70. The summed E-state index contributed by atoms with van der Waals surface area (Å²) in [4.78, 5) is 23.0. The molecule has 1 N–H and O–H groups in total. The summed E-state index contributed by atoms with van der Waals surface area (Å²) in [5.41, 5.74) is 3.03. The fourth-order valence-corrected chi connectivity index (χ4v) is 4.06. The Labute approximate surface area is 170 Å². The zero-order valence-electron chi connectivity index (χ0n) is 17.1. The van der Waals surface area contributed by atoms with E-state index in [0.717, 1.165) is 61.0 Å². The van der Waals surface area contributed by atoms with Gasteiger partial charge < -0.3 is 19.7 Å². The van der Waals surface area contributed by atoms with Gasteiger partial charge >= 0.3 is 0 Å². The summed E-state index contributed by atoms with van der Waals surface area (Å²) >= 11 is 0. The summed E-state index contributed by atoms with van der Waals surface area (Å²) in [5.74, 6) is 1.30. The number of aromatic nitrogens is 4. The van der Waals surface area contributed by atoms with Crippen LogP contribution in [0.5, 0.6) is 0 Å². The van der Waals surface area contributed by atoms with Crippen LogP contribution in [0.25, 0.3) is 11.0 Å². The Morgan fingerprint density at radius 2 is 1.86 bits per heavy atom. The second-order valence-corrected chi connectivity index (χ2v) is 8.48. The number of pyridine rings is 1. The van der Waals surface area contributed by atoms with E-state index in [4.69, 9.17) is 4.98 Å². The third-order valence-electron chi connectivity index (χ3n) is 5.73. The van der Waals surface area contributed by atoms with Crippen molar-refractivity contribution in [2.45, 2.75) is 19.4 Å². The first kappa shape index (κ1) is 18.1. The molecule has 0 atom stereocenters. The van der Waals surface area contributed by atoms with Crippen LogP contribution in [0.4, 0.5) is 17.5 Å². The molecule has 2 aliphatic heterocycles. The molecule has 3 aromatic heterocycles. The molecular weight excluding hydrogens is 364 g/mol. The number of nitrogens with one attached hydrogen (secondary N) is 1. The molecule has 0 unspecified atom stereocenters. The van der Waals surface area contributed by atoms with E-state index in [9.17, 15) is 0 Å². The molecule has 0 spiro atoms. The number of rotatable bonds is 3. The Hall–Kier alpha value is -3.00. The third kappa shape index (κ3) is 3.33. The van der Waals surface area contributed by atoms with Gasteiger partial charge in [0.15, 0.2) is 0 Å². The van der Waals surface area contributed by atoms with Gasteiger partial charge in [-0.2, -0.15) is 4.98 Å². The van der Waals surface area contributed by atoms with Crippen LogP contribution in [0.15, 0.2) is 35.6 Å². The smallest absolute Gasteiger partial charge is 0.230 e. The molecule has 5 heterocycles. The highest BCUT2D eigenvalue weighted by atomic mass is 15.3. The van der Waals surface area contributed by atoms with Gasteiger partial charge in [-0.25, -0.2) is 9.97 Å². The Kier molecular flexibility index (Phi) is 4.24. The van der Waals surface area contributed by atoms with Gasteiger partial charge in [-0.3, -0.25) is 4.99 Å². The molecule has 1 fully saturated rings. The van der Waals surface area contributed by atoms with Gasteiger partial charge in [0, 0.05) is 44.0 Å². The van der Waals surface area contributed by atoms with Gasteiger partial charge in [-0.15, -0.1) is 0 Å². The quantitative estimate of drug-likeness (QED) is 0.741. The summed E-state index contributed by atoms with van der Waals surface area (Å²) in [6, 6.07) is 6.19. The molecule has 5 rings (SSSR count). The van der Waals surface area contributed by atoms with Crippen molar-refractivity contribution in [1.82, 2.24) is 24.4 Å². The van der Waals surface area contributed by atoms with Crippen LogP contribution in [0.1, 0.15) is 19.5 Å². The normalized spacial score (nSPS) is 18.8. The van der Waals surface area contributed by atoms with Gasteiger partial charge in [-0.05, 0) is 39.1 Å². The monoisotopic (exact) mass is 390 g/mol. The van der Waals surface area contributed by atoms with E-state index in [1.165, 1.54) is 0 Å². The van der Waals surface area contributed by atoms with E-state index in [0.29, 0.717) is 5.95 Å². The van der Waals surface area contributed by atoms with Crippen molar-refractivity contribution < 1.29 is 0 Å². The van der Waals surface area contributed by atoms with E-state index in [1.54, 1.807) is 0 Å². The molecule has 8 nitrogen and oxygen atoms in total. The molecule has 1 saturated heterocycles. The van der Waals surface area contributed by atoms with Crippen molar-refractivity contribution in [3.8, 4) is 0 Å². The minimum atomic E-state index is -0.111.